The highest BCUT2D eigenvalue weighted by molar-refractivity contribution is 6.05. The van der Waals surface area contributed by atoms with Crippen molar-refractivity contribution >= 4 is 34.7 Å². The maximum Gasteiger partial charge on any atom is 0.293 e. The molecule has 11 heteroatoms. The van der Waals surface area contributed by atoms with Crippen LogP contribution in [0.1, 0.15) is 35.7 Å². The zero-order valence-corrected chi connectivity index (χ0v) is 26.5. The minimum absolute atomic E-state index is 0.0120. The molecule has 0 spiro atoms. The summed E-state index contributed by atoms with van der Waals surface area (Å²) in [4.78, 5) is 47.7. The Morgan fingerprint density at radius 2 is 1.65 bits per heavy atom. The van der Waals surface area contributed by atoms with Crippen molar-refractivity contribution in [1.29, 1.82) is 0 Å². The number of carbonyl (C=O) groups is 2. The standard InChI is InChI=1S/C35H40FN7O3/c1-4-5-10-24-11-6-7-14-27(24)34(45)40-29-16-9-15-28(32(29)36)30-22-42(3)35(46)33(39-30)38-26-13-8-12-25(21-26)37-31(44)23-43-19-17-41(2)18-20-43/h6-9,11-16,21-22H,4-5,10,17-20,23H2,1-3H3,(H,37,44)(H,38,39)(H,40,45). The quantitative estimate of drug-likeness (QED) is 0.212. The second-order valence-corrected chi connectivity index (χ2v) is 11.6. The summed E-state index contributed by atoms with van der Waals surface area (Å²) in [5, 5.41) is 8.67. The van der Waals surface area contributed by atoms with Gasteiger partial charge in [-0.1, -0.05) is 43.7 Å². The van der Waals surface area contributed by atoms with E-state index in [0.717, 1.165) is 51.0 Å². The third kappa shape index (κ3) is 8.04. The SMILES string of the molecule is CCCCc1ccccc1C(=O)Nc1cccc(-c2cn(C)c(=O)c(Nc3cccc(NC(=O)CN4CCN(C)CC4)c3)n2)c1F. The fraction of sp³-hybridized carbons (Fsp3) is 0.314. The van der Waals surface area contributed by atoms with Gasteiger partial charge in [0, 0.05) is 61.9 Å². The molecule has 0 atom stereocenters. The Kier molecular flexibility index (Phi) is 10.6. The maximum absolute atomic E-state index is 15.9. The van der Waals surface area contributed by atoms with Crippen LogP contribution in [-0.2, 0) is 18.3 Å². The van der Waals surface area contributed by atoms with Crippen LogP contribution >= 0.6 is 0 Å². The second kappa shape index (κ2) is 14.9. The lowest BCUT2D eigenvalue weighted by atomic mass is 10.0. The number of nitrogens with zero attached hydrogens (tertiary/aromatic N) is 4. The number of unbranched alkanes of at least 4 members (excludes halogenated alkanes) is 1. The van der Waals surface area contributed by atoms with Crippen LogP contribution in [0.5, 0.6) is 0 Å². The molecular formula is C35H40FN7O3. The zero-order valence-electron chi connectivity index (χ0n) is 26.5. The Labute approximate surface area is 268 Å². The Bertz CT molecular complexity index is 1770. The van der Waals surface area contributed by atoms with Crippen molar-refractivity contribution in [2.24, 2.45) is 7.05 Å². The third-order valence-corrected chi connectivity index (χ3v) is 8.03. The van der Waals surface area contributed by atoms with Gasteiger partial charge in [-0.05, 0) is 61.9 Å². The molecule has 1 fully saturated rings. The number of piperazine rings is 1. The molecule has 240 valence electrons. The predicted molar refractivity (Wildman–Crippen MR) is 180 cm³/mol. The lowest BCUT2D eigenvalue weighted by molar-refractivity contribution is -0.117. The summed E-state index contributed by atoms with van der Waals surface area (Å²) in [5.74, 6) is -1.19. The van der Waals surface area contributed by atoms with Crippen LogP contribution in [0.15, 0.2) is 77.7 Å². The Hall–Kier alpha value is -4.87. The molecule has 2 amide bonds. The number of anilines is 4. The molecule has 0 radical (unpaired) electrons. The molecule has 1 aromatic heterocycles. The number of rotatable bonds is 11. The number of hydrogen-bond acceptors (Lipinski definition) is 7. The van der Waals surface area contributed by atoms with Gasteiger partial charge >= 0.3 is 0 Å². The van der Waals surface area contributed by atoms with E-state index in [1.807, 2.05) is 12.1 Å². The number of hydrogen-bond donors (Lipinski definition) is 3. The summed E-state index contributed by atoms with van der Waals surface area (Å²) in [6, 6.07) is 19.0. The molecule has 1 aliphatic heterocycles. The van der Waals surface area contributed by atoms with Crippen LogP contribution in [0.2, 0.25) is 0 Å². The largest absolute Gasteiger partial charge is 0.336 e. The van der Waals surface area contributed by atoms with Gasteiger partial charge in [-0.25, -0.2) is 9.37 Å². The average Bonchev–Trinajstić information content (AvgIpc) is 3.04. The summed E-state index contributed by atoms with van der Waals surface area (Å²) in [6.07, 6.45) is 4.15. The highest BCUT2D eigenvalue weighted by atomic mass is 19.1. The van der Waals surface area contributed by atoms with E-state index in [0.29, 0.717) is 23.5 Å². The van der Waals surface area contributed by atoms with Gasteiger partial charge in [-0.2, -0.15) is 0 Å². The lowest BCUT2D eigenvalue weighted by Crippen LogP contribution is -2.47. The van der Waals surface area contributed by atoms with Crippen molar-refractivity contribution in [3.8, 4) is 11.3 Å². The number of amides is 2. The molecule has 1 saturated heterocycles. The van der Waals surface area contributed by atoms with E-state index in [9.17, 15) is 14.4 Å². The first-order chi connectivity index (χ1) is 22.2. The number of benzene rings is 3. The van der Waals surface area contributed by atoms with Crippen LogP contribution in [0.3, 0.4) is 0 Å². The van der Waals surface area contributed by atoms with E-state index >= 15 is 4.39 Å². The Morgan fingerprint density at radius 3 is 2.43 bits per heavy atom. The van der Waals surface area contributed by atoms with E-state index in [1.54, 1.807) is 55.6 Å². The van der Waals surface area contributed by atoms with Gasteiger partial charge in [0.15, 0.2) is 11.6 Å². The molecule has 0 saturated carbocycles. The lowest BCUT2D eigenvalue weighted by Gasteiger charge is -2.31. The first kappa shape index (κ1) is 32.5. The fourth-order valence-corrected chi connectivity index (χ4v) is 5.38. The van der Waals surface area contributed by atoms with Crippen molar-refractivity contribution in [2.75, 3.05) is 55.7 Å². The molecule has 0 bridgehead atoms. The molecule has 0 unspecified atom stereocenters. The van der Waals surface area contributed by atoms with Gasteiger partial charge in [0.2, 0.25) is 5.91 Å². The van der Waals surface area contributed by atoms with E-state index in [2.05, 4.69) is 44.7 Å². The van der Waals surface area contributed by atoms with Crippen LogP contribution in [0.25, 0.3) is 11.3 Å². The van der Waals surface area contributed by atoms with Crippen LogP contribution in [0, 0.1) is 5.82 Å². The summed E-state index contributed by atoms with van der Waals surface area (Å²) in [7, 11) is 3.63. The Balaban J connectivity index is 1.33. The number of halogens is 1. The van der Waals surface area contributed by atoms with Crippen molar-refractivity contribution in [2.45, 2.75) is 26.2 Å². The van der Waals surface area contributed by atoms with Gasteiger partial charge in [-0.15, -0.1) is 0 Å². The highest BCUT2D eigenvalue weighted by Crippen LogP contribution is 2.28. The number of likely N-dealkylation sites (N-methyl/N-ethyl adjacent to an activating group) is 1. The smallest absolute Gasteiger partial charge is 0.293 e. The summed E-state index contributed by atoms with van der Waals surface area (Å²) in [5.41, 5.74) is 2.45. The average molecular weight is 626 g/mol. The van der Waals surface area contributed by atoms with Crippen molar-refractivity contribution in [1.82, 2.24) is 19.4 Å². The molecular weight excluding hydrogens is 585 g/mol. The molecule has 0 aliphatic carbocycles. The molecule has 3 N–H and O–H groups in total. The fourth-order valence-electron chi connectivity index (χ4n) is 5.38. The van der Waals surface area contributed by atoms with E-state index < -0.39 is 17.3 Å². The summed E-state index contributed by atoms with van der Waals surface area (Å²) >= 11 is 0. The monoisotopic (exact) mass is 625 g/mol. The van der Waals surface area contributed by atoms with Gasteiger partial charge < -0.3 is 25.4 Å². The topological polar surface area (TPSA) is 112 Å². The van der Waals surface area contributed by atoms with Gasteiger partial charge in [0.25, 0.3) is 11.5 Å². The third-order valence-electron chi connectivity index (χ3n) is 8.03. The summed E-state index contributed by atoms with van der Waals surface area (Å²) in [6.45, 7) is 5.89. The molecule has 3 aromatic carbocycles. The highest BCUT2D eigenvalue weighted by Gasteiger charge is 2.19. The van der Waals surface area contributed by atoms with Crippen molar-refractivity contribution < 1.29 is 14.0 Å². The minimum atomic E-state index is -0.663. The number of aromatic nitrogens is 2. The summed E-state index contributed by atoms with van der Waals surface area (Å²) < 4.78 is 17.2. The molecule has 46 heavy (non-hydrogen) atoms. The number of carbonyl (C=O) groups excluding carboxylic acids is 2. The number of nitrogens with one attached hydrogen (secondary N) is 3. The predicted octanol–water partition coefficient (Wildman–Crippen LogP) is 5.11. The molecule has 10 nitrogen and oxygen atoms in total. The van der Waals surface area contributed by atoms with Crippen LogP contribution in [-0.4, -0.2) is 70.9 Å². The zero-order chi connectivity index (χ0) is 32.6. The normalized spacial score (nSPS) is 13.7. The molecule has 2 heterocycles. The molecule has 5 rings (SSSR count). The number of aryl methyl sites for hydroxylation is 2. The van der Waals surface area contributed by atoms with Crippen LogP contribution < -0.4 is 21.5 Å². The van der Waals surface area contributed by atoms with E-state index in [-0.39, 0.29) is 28.7 Å². The van der Waals surface area contributed by atoms with E-state index in [1.165, 1.54) is 16.8 Å². The second-order valence-electron chi connectivity index (χ2n) is 11.6. The van der Waals surface area contributed by atoms with Gasteiger partial charge in [0.05, 0.1) is 17.9 Å². The Morgan fingerprint density at radius 1 is 0.913 bits per heavy atom. The van der Waals surface area contributed by atoms with Gasteiger partial charge in [0.1, 0.15) is 0 Å². The molecule has 4 aromatic rings. The van der Waals surface area contributed by atoms with E-state index in [4.69, 9.17) is 0 Å². The minimum Gasteiger partial charge on any atom is -0.336 e. The first-order valence-corrected chi connectivity index (χ1v) is 15.6. The maximum atomic E-state index is 15.9. The molecule has 1 aliphatic rings. The van der Waals surface area contributed by atoms with Crippen molar-refractivity contribution in [3.05, 3.63) is 100 Å². The van der Waals surface area contributed by atoms with Gasteiger partial charge in [-0.3, -0.25) is 19.3 Å². The van der Waals surface area contributed by atoms with Crippen molar-refractivity contribution in [3.63, 3.8) is 0 Å². The first-order valence-electron chi connectivity index (χ1n) is 15.6. The van der Waals surface area contributed by atoms with Crippen LogP contribution in [0.4, 0.5) is 27.3 Å².